The minimum atomic E-state index is -4.60. The maximum absolute atomic E-state index is 12.9. The largest absolute Gasteiger partial charge is 0.482 e. The van der Waals surface area contributed by atoms with E-state index in [9.17, 15) is 26.4 Å². The number of hydrogen-bond donors (Lipinski definition) is 1. The Morgan fingerprint density at radius 2 is 1.77 bits per heavy atom. The standard InChI is InChI=1S/C20H21F3N2O5S/c1-14-2-4-15(5-3-14)19(26)24-17-12-16(6-7-18(17)30-13-20(21,22)23)31(27,28)25-8-10-29-11-9-25/h2-7,12H,8-11,13H2,1H3,(H,24,26). The molecule has 0 saturated carbocycles. The average molecular weight is 458 g/mol. The molecule has 1 heterocycles. The van der Waals surface area contributed by atoms with Crippen LogP contribution in [-0.2, 0) is 14.8 Å². The first kappa shape index (κ1) is 23.0. The number of benzene rings is 2. The Balaban J connectivity index is 1.92. The van der Waals surface area contributed by atoms with Crippen LogP contribution >= 0.6 is 0 Å². The average Bonchev–Trinajstić information content (AvgIpc) is 2.73. The van der Waals surface area contributed by atoms with E-state index in [1.54, 1.807) is 24.3 Å². The van der Waals surface area contributed by atoms with Gasteiger partial charge in [0.1, 0.15) is 5.75 Å². The van der Waals surface area contributed by atoms with Gasteiger partial charge in [-0.25, -0.2) is 8.42 Å². The van der Waals surface area contributed by atoms with Crippen LogP contribution in [0.15, 0.2) is 47.4 Å². The van der Waals surface area contributed by atoms with E-state index in [2.05, 4.69) is 5.32 Å². The van der Waals surface area contributed by atoms with Crippen LogP contribution in [0.2, 0.25) is 0 Å². The third-order valence-electron chi connectivity index (χ3n) is 4.51. The fourth-order valence-electron chi connectivity index (χ4n) is 2.89. The second-order valence-electron chi connectivity index (χ2n) is 6.90. The number of nitrogens with one attached hydrogen (secondary N) is 1. The van der Waals surface area contributed by atoms with E-state index < -0.39 is 28.7 Å². The van der Waals surface area contributed by atoms with Gasteiger partial charge >= 0.3 is 6.18 Å². The normalized spacial score (nSPS) is 15.5. The van der Waals surface area contributed by atoms with Gasteiger partial charge in [0.2, 0.25) is 10.0 Å². The Morgan fingerprint density at radius 1 is 1.13 bits per heavy atom. The predicted octanol–water partition coefficient (Wildman–Crippen LogP) is 3.21. The van der Waals surface area contributed by atoms with Gasteiger partial charge in [-0.1, -0.05) is 17.7 Å². The summed E-state index contributed by atoms with van der Waals surface area (Å²) in [7, 11) is -3.93. The molecule has 7 nitrogen and oxygen atoms in total. The number of nitrogens with zero attached hydrogens (tertiary/aromatic N) is 1. The van der Waals surface area contributed by atoms with Gasteiger partial charge in [-0.3, -0.25) is 4.79 Å². The van der Waals surface area contributed by atoms with Crippen LogP contribution < -0.4 is 10.1 Å². The van der Waals surface area contributed by atoms with Gasteiger partial charge in [0.15, 0.2) is 6.61 Å². The fourth-order valence-corrected chi connectivity index (χ4v) is 4.32. The summed E-state index contributed by atoms with van der Waals surface area (Å²) in [5, 5.41) is 2.46. The number of sulfonamides is 1. The molecule has 1 N–H and O–H groups in total. The number of hydrogen-bond acceptors (Lipinski definition) is 5. The second kappa shape index (κ2) is 9.25. The molecule has 1 amide bonds. The molecular weight excluding hydrogens is 437 g/mol. The van der Waals surface area contributed by atoms with Crippen molar-refractivity contribution in [3.05, 3.63) is 53.6 Å². The van der Waals surface area contributed by atoms with E-state index in [1.807, 2.05) is 6.92 Å². The molecule has 0 spiro atoms. The minimum absolute atomic E-state index is 0.152. The molecule has 0 atom stereocenters. The topological polar surface area (TPSA) is 84.9 Å². The lowest BCUT2D eigenvalue weighted by molar-refractivity contribution is -0.153. The summed E-state index contributed by atoms with van der Waals surface area (Å²) in [5.41, 5.74) is 1.00. The smallest absolute Gasteiger partial charge is 0.422 e. The molecule has 31 heavy (non-hydrogen) atoms. The number of rotatable bonds is 6. The number of anilines is 1. The maximum Gasteiger partial charge on any atom is 0.422 e. The van der Waals surface area contributed by atoms with Crippen LogP contribution in [0.3, 0.4) is 0 Å². The molecule has 0 bridgehead atoms. The SMILES string of the molecule is Cc1ccc(C(=O)Nc2cc(S(=O)(=O)N3CCOCC3)ccc2OCC(F)(F)F)cc1. The molecule has 0 radical (unpaired) electrons. The monoisotopic (exact) mass is 458 g/mol. The van der Waals surface area contributed by atoms with Crippen LogP contribution in [-0.4, -0.2) is 57.7 Å². The summed E-state index contributed by atoms with van der Waals surface area (Å²) < 4.78 is 74.8. The number of alkyl halides is 3. The lowest BCUT2D eigenvalue weighted by atomic mass is 10.1. The Kier molecular flexibility index (Phi) is 6.87. The van der Waals surface area contributed by atoms with Crippen LogP contribution in [0.5, 0.6) is 5.75 Å². The summed E-state index contributed by atoms with van der Waals surface area (Å²) >= 11 is 0. The van der Waals surface area contributed by atoms with Gasteiger partial charge in [-0.15, -0.1) is 0 Å². The van der Waals surface area contributed by atoms with Crippen LogP contribution in [0.1, 0.15) is 15.9 Å². The maximum atomic E-state index is 12.9. The highest BCUT2D eigenvalue weighted by atomic mass is 32.2. The second-order valence-corrected chi connectivity index (χ2v) is 8.84. The van der Waals surface area contributed by atoms with E-state index in [1.165, 1.54) is 4.31 Å². The van der Waals surface area contributed by atoms with Crippen molar-refractivity contribution >= 4 is 21.6 Å². The molecule has 1 fully saturated rings. The number of carbonyl (C=O) groups is 1. The summed E-state index contributed by atoms with van der Waals surface area (Å²) in [4.78, 5) is 12.4. The van der Waals surface area contributed by atoms with Gasteiger partial charge in [-0.2, -0.15) is 17.5 Å². The summed E-state index contributed by atoms with van der Waals surface area (Å²) in [6.07, 6.45) is -4.60. The Labute approximate surface area is 177 Å². The highest BCUT2D eigenvalue weighted by Crippen LogP contribution is 2.31. The van der Waals surface area contributed by atoms with Gasteiger partial charge < -0.3 is 14.8 Å². The van der Waals surface area contributed by atoms with Crippen LogP contribution in [0, 0.1) is 6.92 Å². The van der Waals surface area contributed by atoms with Gasteiger partial charge in [-0.05, 0) is 37.3 Å². The fraction of sp³-hybridized carbons (Fsp3) is 0.350. The first-order valence-electron chi connectivity index (χ1n) is 9.36. The molecule has 3 rings (SSSR count). The lowest BCUT2D eigenvalue weighted by Crippen LogP contribution is -2.40. The van der Waals surface area contributed by atoms with Crippen molar-refractivity contribution in [3.63, 3.8) is 0 Å². The quantitative estimate of drug-likeness (QED) is 0.719. The van der Waals surface area contributed by atoms with Gasteiger partial charge in [0.05, 0.1) is 23.8 Å². The van der Waals surface area contributed by atoms with Crippen molar-refractivity contribution in [1.82, 2.24) is 4.31 Å². The van der Waals surface area contributed by atoms with E-state index in [-0.39, 0.29) is 48.2 Å². The van der Waals surface area contributed by atoms with E-state index >= 15 is 0 Å². The van der Waals surface area contributed by atoms with Crippen LogP contribution in [0.4, 0.5) is 18.9 Å². The number of aryl methyl sites for hydroxylation is 1. The molecular formula is C20H21F3N2O5S. The zero-order valence-electron chi connectivity index (χ0n) is 16.6. The van der Waals surface area contributed by atoms with E-state index in [0.717, 1.165) is 23.8 Å². The molecule has 11 heteroatoms. The lowest BCUT2D eigenvalue weighted by Gasteiger charge is -2.26. The summed E-state index contributed by atoms with van der Waals surface area (Å²) in [6, 6.07) is 9.86. The van der Waals surface area contributed by atoms with Gasteiger partial charge in [0.25, 0.3) is 5.91 Å². The Bertz CT molecular complexity index is 1030. The summed E-state index contributed by atoms with van der Waals surface area (Å²) in [5.74, 6) is -0.906. The van der Waals surface area contributed by atoms with Crippen molar-refractivity contribution < 1.29 is 35.9 Å². The third kappa shape index (κ3) is 5.96. The van der Waals surface area contributed by atoms with Crippen molar-refractivity contribution in [3.8, 4) is 5.75 Å². The molecule has 1 saturated heterocycles. The first-order chi connectivity index (χ1) is 14.6. The van der Waals surface area contributed by atoms with Crippen molar-refractivity contribution in [2.45, 2.75) is 18.0 Å². The molecule has 0 aliphatic carbocycles. The van der Waals surface area contributed by atoms with Crippen LogP contribution in [0.25, 0.3) is 0 Å². The Morgan fingerprint density at radius 3 is 2.39 bits per heavy atom. The van der Waals surface area contributed by atoms with E-state index in [4.69, 9.17) is 9.47 Å². The number of ether oxygens (including phenoxy) is 2. The van der Waals surface area contributed by atoms with Crippen molar-refractivity contribution in [2.24, 2.45) is 0 Å². The molecule has 2 aromatic carbocycles. The highest BCUT2D eigenvalue weighted by Gasteiger charge is 2.30. The molecule has 1 aliphatic heterocycles. The highest BCUT2D eigenvalue weighted by molar-refractivity contribution is 7.89. The van der Waals surface area contributed by atoms with Crippen molar-refractivity contribution in [2.75, 3.05) is 38.2 Å². The molecule has 1 aliphatic rings. The molecule has 0 unspecified atom stereocenters. The van der Waals surface area contributed by atoms with Crippen molar-refractivity contribution in [1.29, 1.82) is 0 Å². The minimum Gasteiger partial charge on any atom is -0.482 e. The number of carbonyl (C=O) groups excluding carboxylic acids is 1. The third-order valence-corrected chi connectivity index (χ3v) is 6.41. The zero-order chi connectivity index (χ0) is 22.6. The predicted molar refractivity (Wildman–Crippen MR) is 107 cm³/mol. The van der Waals surface area contributed by atoms with Gasteiger partial charge in [0, 0.05) is 18.7 Å². The number of halogens is 3. The van der Waals surface area contributed by atoms with E-state index in [0.29, 0.717) is 0 Å². The number of amides is 1. The molecule has 168 valence electrons. The molecule has 2 aromatic rings. The first-order valence-corrected chi connectivity index (χ1v) is 10.8. The zero-order valence-corrected chi connectivity index (χ0v) is 17.4. The molecule has 0 aromatic heterocycles. The summed E-state index contributed by atoms with van der Waals surface area (Å²) in [6.45, 7) is 1.03. The number of morpholine rings is 1. The Hall–Kier alpha value is -2.63.